The van der Waals surface area contributed by atoms with Gasteiger partial charge in [0.2, 0.25) is 0 Å². The van der Waals surface area contributed by atoms with Crippen molar-refractivity contribution >= 4 is 17.8 Å². The van der Waals surface area contributed by atoms with Crippen LogP contribution in [-0.2, 0) is 17.8 Å². The lowest BCUT2D eigenvalue weighted by Crippen LogP contribution is -2.36. The Kier molecular flexibility index (Phi) is 7.65. The maximum Gasteiger partial charge on any atom is 0.309 e. The standard InChI is InChI=1S/C31H29N3O5/c35-28(27(31(38)39)16-17-34-29(36)25-8-4-5-9-26(25)30(34)37)15-12-21-10-13-23(14-11-21)24-18-32-33(20-24)19-22-6-2-1-3-7-22/h1-11,13-14,18,20,27-28,35H,12,15-17,19H2,(H,38,39). The first kappa shape index (κ1) is 26.1. The van der Waals surface area contributed by atoms with Crippen LogP contribution in [0.25, 0.3) is 11.1 Å². The van der Waals surface area contributed by atoms with Crippen LogP contribution in [-0.4, -0.2) is 55.3 Å². The first-order chi connectivity index (χ1) is 18.9. The molecule has 2 heterocycles. The number of amides is 2. The Bertz CT molecular complexity index is 1440. The molecule has 4 aromatic rings. The lowest BCUT2D eigenvalue weighted by Gasteiger charge is -2.22. The molecule has 2 amide bonds. The average Bonchev–Trinajstić information content (AvgIpc) is 3.51. The van der Waals surface area contributed by atoms with E-state index in [-0.39, 0.29) is 19.4 Å². The number of aliphatic hydroxyl groups is 1. The molecule has 3 aromatic carbocycles. The number of rotatable bonds is 11. The third kappa shape index (κ3) is 5.81. The van der Waals surface area contributed by atoms with Crippen LogP contribution < -0.4 is 0 Å². The van der Waals surface area contributed by atoms with Crippen LogP contribution in [0, 0.1) is 5.92 Å². The first-order valence-corrected chi connectivity index (χ1v) is 12.9. The number of benzene rings is 3. The number of aliphatic carboxylic acids is 1. The van der Waals surface area contributed by atoms with Crippen molar-refractivity contribution in [1.82, 2.24) is 14.7 Å². The molecule has 0 radical (unpaired) electrons. The maximum atomic E-state index is 12.6. The first-order valence-electron chi connectivity index (χ1n) is 12.9. The van der Waals surface area contributed by atoms with Gasteiger partial charge < -0.3 is 10.2 Å². The predicted octanol–water partition coefficient (Wildman–Crippen LogP) is 4.28. The van der Waals surface area contributed by atoms with E-state index in [9.17, 15) is 24.6 Å². The number of imide groups is 1. The molecule has 1 aliphatic rings. The largest absolute Gasteiger partial charge is 0.481 e. The molecule has 1 aromatic heterocycles. The van der Waals surface area contributed by atoms with Gasteiger partial charge in [-0.15, -0.1) is 0 Å². The van der Waals surface area contributed by atoms with Crippen LogP contribution in [0.3, 0.4) is 0 Å². The number of aryl methyl sites for hydroxylation is 1. The monoisotopic (exact) mass is 523 g/mol. The molecule has 2 atom stereocenters. The van der Waals surface area contributed by atoms with Gasteiger partial charge >= 0.3 is 5.97 Å². The fourth-order valence-electron chi connectivity index (χ4n) is 4.94. The van der Waals surface area contributed by atoms with E-state index in [0.717, 1.165) is 21.6 Å². The molecule has 198 valence electrons. The van der Waals surface area contributed by atoms with E-state index in [1.807, 2.05) is 59.5 Å². The van der Waals surface area contributed by atoms with Gasteiger partial charge in [0.15, 0.2) is 0 Å². The second-order valence-electron chi connectivity index (χ2n) is 9.76. The Labute approximate surface area is 226 Å². The number of carboxylic acids is 1. The Balaban J connectivity index is 1.15. The van der Waals surface area contributed by atoms with Crippen molar-refractivity contribution in [1.29, 1.82) is 0 Å². The van der Waals surface area contributed by atoms with Crippen molar-refractivity contribution in [2.24, 2.45) is 5.92 Å². The number of aromatic nitrogens is 2. The summed E-state index contributed by atoms with van der Waals surface area (Å²) in [5, 5.41) is 24.9. The fourth-order valence-corrected chi connectivity index (χ4v) is 4.94. The van der Waals surface area contributed by atoms with E-state index in [4.69, 9.17) is 0 Å². The highest BCUT2D eigenvalue weighted by molar-refractivity contribution is 6.21. The molecular weight excluding hydrogens is 494 g/mol. The molecule has 39 heavy (non-hydrogen) atoms. The zero-order valence-electron chi connectivity index (χ0n) is 21.3. The SMILES string of the molecule is O=C(O)C(CCN1C(=O)c2ccccc2C1=O)C(O)CCc1ccc(-c2cnn(Cc3ccccc3)c2)cc1. The van der Waals surface area contributed by atoms with E-state index in [1.54, 1.807) is 24.3 Å². The topological polar surface area (TPSA) is 113 Å². The minimum Gasteiger partial charge on any atom is -0.481 e. The normalized spacial score (nSPS) is 14.3. The highest BCUT2D eigenvalue weighted by Crippen LogP contribution is 2.25. The molecule has 0 saturated heterocycles. The average molecular weight is 524 g/mol. The highest BCUT2D eigenvalue weighted by Gasteiger charge is 2.36. The van der Waals surface area contributed by atoms with Crippen molar-refractivity contribution in [2.75, 3.05) is 6.54 Å². The molecule has 0 spiro atoms. The summed E-state index contributed by atoms with van der Waals surface area (Å²) in [5.41, 5.74) is 4.80. The molecule has 0 aliphatic carbocycles. The van der Waals surface area contributed by atoms with E-state index in [0.29, 0.717) is 24.1 Å². The predicted molar refractivity (Wildman–Crippen MR) is 145 cm³/mol. The van der Waals surface area contributed by atoms with Gasteiger partial charge in [0.25, 0.3) is 11.8 Å². The number of carbonyl (C=O) groups is 3. The molecule has 8 heteroatoms. The summed E-state index contributed by atoms with van der Waals surface area (Å²) in [6, 6.07) is 24.5. The van der Waals surface area contributed by atoms with E-state index < -0.39 is 29.8 Å². The molecule has 0 bridgehead atoms. The molecule has 5 rings (SSSR count). The van der Waals surface area contributed by atoms with Gasteiger partial charge in [-0.25, -0.2) is 0 Å². The molecule has 0 fully saturated rings. The number of carboxylic acid groups (broad SMARTS) is 1. The summed E-state index contributed by atoms with van der Waals surface area (Å²) in [6.07, 6.45) is 3.42. The van der Waals surface area contributed by atoms with Crippen LogP contribution in [0.1, 0.15) is 44.7 Å². The van der Waals surface area contributed by atoms with Gasteiger partial charge in [0, 0.05) is 18.3 Å². The van der Waals surface area contributed by atoms with Crippen LogP contribution in [0.4, 0.5) is 0 Å². The van der Waals surface area contributed by atoms with Crippen molar-refractivity contribution < 1.29 is 24.6 Å². The molecule has 2 unspecified atom stereocenters. The van der Waals surface area contributed by atoms with Crippen molar-refractivity contribution in [2.45, 2.75) is 31.9 Å². The minimum absolute atomic E-state index is 0.0200. The molecule has 1 aliphatic heterocycles. The van der Waals surface area contributed by atoms with Gasteiger partial charge in [-0.1, -0.05) is 66.7 Å². The number of hydrogen-bond donors (Lipinski definition) is 2. The quantitative estimate of drug-likeness (QED) is 0.284. The molecule has 2 N–H and O–H groups in total. The summed E-state index contributed by atoms with van der Waals surface area (Å²) in [5.74, 6) is -3.11. The second-order valence-corrected chi connectivity index (χ2v) is 9.76. The third-order valence-electron chi connectivity index (χ3n) is 7.16. The van der Waals surface area contributed by atoms with E-state index in [1.165, 1.54) is 5.56 Å². The van der Waals surface area contributed by atoms with Crippen molar-refractivity contribution in [3.63, 3.8) is 0 Å². The lowest BCUT2D eigenvalue weighted by atomic mass is 9.93. The van der Waals surface area contributed by atoms with Crippen LogP contribution in [0.15, 0.2) is 91.3 Å². The number of nitrogens with zero attached hydrogens (tertiary/aromatic N) is 3. The van der Waals surface area contributed by atoms with Crippen molar-refractivity contribution in [3.05, 3.63) is 114 Å². The fraction of sp³-hybridized carbons (Fsp3) is 0.226. The minimum atomic E-state index is -1.15. The van der Waals surface area contributed by atoms with Crippen LogP contribution >= 0.6 is 0 Å². The number of aliphatic hydroxyl groups excluding tert-OH is 1. The summed E-state index contributed by atoms with van der Waals surface area (Å²) >= 11 is 0. The lowest BCUT2D eigenvalue weighted by molar-refractivity contribution is -0.146. The number of fused-ring (bicyclic) bond motifs is 1. The van der Waals surface area contributed by atoms with E-state index in [2.05, 4.69) is 17.2 Å². The zero-order valence-corrected chi connectivity index (χ0v) is 21.3. The van der Waals surface area contributed by atoms with Crippen molar-refractivity contribution in [3.8, 4) is 11.1 Å². The van der Waals surface area contributed by atoms with E-state index >= 15 is 0 Å². The Morgan fingerprint density at radius 2 is 1.44 bits per heavy atom. The molecular formula is C31H29N3O5. The smallest absolute Gasteiger partial charge is 0.309 e. The van der Waals surface area contributed by atoms with Gasteiger partial charge in [-0.2, -0.15) is 5.10 Å². The zero-order chi connectivity index (χ0) is 27.4. The Morgan fingerprint density at radius 1 is 0.795 bits per heavy atom. The number of carbonyl (C=O) groups excluding carboxylic acids is 2. The Hall–Kier alpha value is -4.56. The van der Waals surface area contributed by atoms with Crippen LogP contribution in [0.2, 0.25) is 0 Å². The summed E-state index contributed by atoms with van der Waals surface area (Å²) in [6.45, 7) is 0.627. The number of hydrogen-bond acceptors (Lipinski definition) is 5. The highest BCUT2D eigenvalue weighted by atomic mass is 16.4. The van der Waals surface area contributed by atoms with Gasteiger partial charge in [-0.05, 0) is 48.1 Å². The maximum absolute atomic E-state index is 12.6. The third-order valence-corrected chi connectivity index (χ3v) is 7.16. The Morgan fingerprint density at radius 3 is 2.08 bits per heavy atom. The molecule has 0 saturated carbocycles. The summed E-state index contributed by atoms with van der Waals surface area (Å²) in [7, 11) is 0. The summed E-state index contributed by atoms with van der Waals surface area (Å²) in [4.78, 5) is 38.1. The molecule has 8 nitrogen and oxygen atoms in total. The van der Waals surface area contributed by atoms with Gasteiger partial charge in [-0.3, -0.25) is 24.0 Å². The second kappa shape index (κ2) is 11.4. The van der Waals surface area contributed by atoms with Crippen LogP contribution in [0.5, 0.6) is 0 Å². The van der Waals surface area contributed by atoms with Gasteiger partial charge in [0.1, 0.15) is 0 Å². The van der Waals surface area contributed by atoms with Gasteiger partial charge in [0.05, 0.1) is 35.9 Å². The summed E-state index contributed by atoms with van der Waals surface area (Å²) < 4.78 is 1.89.